The van der Waals surface area contributed by atoms with Gasteiger partial charge in [-0.25, -0.2) is 8.42 Å². The van der Waals surface area contributed by atoms with Gasteiger partial charge in [0, 0.05) is 19.1 Å². The molecular weight excluding hydrogens is 422 g/mol. The van der Waals surface area contributed by atoms with E-state index < -0.39 is 10.0 Å². The maximum Gasteiger partial charge on any atom is 0.265 e. The first-order valence-corrected chi connectivity index (χ1v) is 12.2. The SMILES string of the molecule is C[C@@H]1CCCC[C@@H]1NC(=O)CN1C(=O)COc2ccc(S(=O)(=O)N3CCOCC3)cc21. The van der Waals surface area contributed by atoms with Gasteiger partial charge >= 0.3 is 0 Å². The van der Waals surface area contributed by atoms with Crippen LogP contribution in [0.2, 0.25) is 0 Å². The highest BCUT2D eigenvalue weighted by Gasteiger charge is 2.32. The third kappa shape index (κ3) is 4.70. The molecule has 1 aromatic carbocycles. The molecule has 1 aromatic rings. The van der Waals surface area contributed by atoms with E-state index in [4.69, 9.17) is 9.47 Å². The van der Waals surface area contributed by atoms with E-state index in [1.54, 1.807) is 6.07 Å². The zero-order valence-electron chi connectivity index (χ0n) is 17.7. The summed E-state index contributed by atoms with van der Waals surface area (Å²) >= 11 is 0. The first-order chi connectivity index (χ1) is 14.9. The quantitative estimate of drug-likeness (QED) is 0.720. The predicted molar refractivity (Wildman–Crippen MR) is 113 cm³/mol. The molecule has 170 valence electrons. The molecule has 0 radical (unpaired) electrons. The molecule has 0 spiro atoms. The highest BCUT2D eigenvalue weighted by Crippen LogP contribution is 2.35. The van der Waals surface area contributed by atoms with Crippen LogP contribution < -0.4 is 15.0 Å². The fraction of sp³-hybridized carbons (Fsp3) is 0.619. The van der Waals surface area contributed by atoms with Gasteiger partial charge in [0.2, 0.25) is 15.9 Å². The van der Waals surface area contributed by atoms with Crippen LogP contribution in [0.1, 0.15) is 32.6 Å². The zero-order valence-corrected chi connectivity index (χ0v) is 18.5. The smallest absolute Gasteiger partial charge is 0.265 e. The summed E-state index contributed by atoms with van der Waals surface area (Å²) in [5.41, 5.74) is 0.303. The molecule has 2 aliphatic heterocycles. The molecule has 2 heterocycles. The molecule has 1 aliphatic carbocycles. The number of rotatable bonds is 5. The molecule has 1 saturated carbocycles. The molecule has 31 heavy (non-hydrogen) atoms. The van der Waals surface area contributed by atoms with Gasteiger partial charge in [0.25, 0.3) is 5.91 Å². The van der Waals surface area contributed by atoms with Gasteiger partial charge in [0.1, 0.15) is 12.3 Å². The van der Waals surface area contributed by atoms with E-state index in [0.717, 1.165) is 19.3 Å². The van der Waals surface area contributed by atoms with E-state index in [1.807, 2.05) is 0 Å². The number of morpholine rings is 1. The van der Waals surface area contributed by atoms with Crippen molar-refractivity contribution in [3.8, 4) is 5.75 Å². The summed E-state index contributed by atoms with van der Waals surface area (Å²) in [6, 6.07) is 4.54. The number of hydrogen-bond donors (Lipinski definition) is 1. The summed E-state index contributed by atoms with van der Waals surface area (Å²) < 4.78 is 38.1. The van der Waals surface area contributed by atoms with Crippen LogP contribution in [-0.2, 0) is 24.3 Å². The highest BCUT2D eigenvalue weighted by molar-refractivity contribution is 7.89. The second-order valence-electron chi connectivity index (χ2n) is 8.35. The Kier molecular flexibility index (Phi) is 6.49. The van der Waals surface area contributed by atoms with Crippen LogP contribution in [0.4, 0.5) is 5.69 Å². The third-order valence-electron chi connectivity index (χ3n) is 6.24. The van der Waals surface area contributed by atoms with Gasteiger partial charge in [0.15, 0.2) is 6.61 Å². The molecule has 0 bridgehead atoms. The van der Waals surface area contributed by atoms with Gasteiger partial charge in [-0.05, 0) is 37.0 Å². The average molecular weight is 452 g/mol. The second-order valence-corrected chi connectivity index (χ2v) is 10.3. The lowest BCUT2D eigenvalue weighted by Crippen LogP contribution is -2.49. The number of fused-ring (bicyclic) bond motifs is 1. The number of amides is 2. The third-order valence-corrected chi connectivity index (χ3v) is 8.14. The zero-order chi connectivity index (χ0) is 22.0. The molecule has 1 saturated heterocycles. The van der Waals surface area contributed by atoms with E-state index in [9.17, 15) is 18.0 Å². The Balaban J connectivity index is 1.54. The van der Waals surface area contributed by atoms with E-state index in [0.29, 0.717) is 30.6 Å². The molecule has 0 aromatic heterocycles. The predicted octanol–water partition coefficient (Wildman–Crippen LogP) is 1.13. The summed E-state index contributed by atoms with van der Waals surface area (Å²) in [6.45, 7) is 3.02. The first-order valence-electron chi connectivity index (χ1n) is 10.8. The van der Waals surface area contributed by atoms with Crippen molar-refractivity contribution in [1.82, 2.24) is 9.62 Å². The summed E-state index contributed by atoms with van der Waals surface area (Å²) in [6.07, 6.45) is 4.26. The fourth-order valence-corrected chi connectivity index (χ4v) is 5.81. The molecule has 9 nitrogen and oxygen atoms in total. The Labute approximate surface area is 182 Å². The van der Waals surface area contributed by atoms with Crippen molar-refractivity contribution in [1.29, 1.82) is 0 Å². The highest BCUT2D eigenvalue weighted by atomic mass is 32.2. The first kappa shape index (κ1) is 22.0. The molecule has 0 unspecified atom stereocenters. The van der Waals surface area contributed by atoms with Gasteiger partial charge in [-0.1, -0.05) is 19.8 Å². The van der Waals surface area contributed by atoms with E-state index in [2.05, 4.69) is 12.2 Å². The van der Waals surface area contributed by atoms with Crippen molar-refractivity contribution >= 4 is 27.5 Å². The van der Waals surface area contributed by atoms with Crippen LogP contribution in [0.25, 0.3) is 0 Å². The minimum Gasteiger partial charge on any atom is -0.482 e. The van der Waals surface area contributed by atoms with E-state index >= 15 is 0 Å². The average Bonchev–Trinajstić information content (AvgIpc) is 2.77. The Hall–Kier alpha value is -2.17. The molecule has 3 aliphatic rings. The number of anilines is 1. The van der Waals surface area contributed by atoms with Crippen molar-refractivity contribution < 1.29 is 27.5 Å². The van der Waals surface area contributed by atoms with Gasteiger partial charge < -0.3 is 14.8 Å². The van der Waals surface area contributed by atoms with Crippen LogP contribution >= 0.6 is 0 Å². The van der Waals surface area contributed by atoms with Crippen molar-refractivity contribution in [3.05, 3.63) is 18.2 Å². The summed E-state index contributed by atoms with van der Waals surface area (Å²) in [4.78, 5) is 26.7. The maximum atomic E-state index is 13.0. The Bertz CT molecular complexity index is 944. The number of ether oxygens (including phenoxy) is 2. The number of nitrogens with one attached hydrogen (secondary N) is 1. The Morgan fingerprint density at radius 1 is 1.19 bits per heavy atom. The van der Waals surface area contributed by atoms with Crippen molar-refractivity contribution in [3.63, 3.8) is 0 Å². The molecular formula is C21H29N3O6S. The number of carbonyl (C=O) groups is 2. The van der Waals surface area contributed by atoms with Crippen LogP contribution in [0, 0.1) is 5.92 Å². The lowest BCUT2D eigenvalue weighted by atomic mass is 9.86. The van der Waals surface area contributed by atoms with Gasteiger partial charge in [-0.2, -0.15) is 4.31 Å². The summed E-state index contributed by atoms with van der Waals surface area (Å²) in [7, 11) is -3.74. The number of hydrogen-bond acceptors (Lipinski definition) is 6. The minimum absolute atomic E-state index is 0.0674. The Morgan fingerprint density at radius 3 is 2.68 bits per heavy atom. The number of nitrogens with zero attached hydrogens (tertiary/aromatic N) is 2. The normalized spacial score (nSPS) is 24.9. The second kappa shape index (κ2) is 9.13. The largest absolute Gasteiger partial charge is 0.482 e. The van der Waals surface area contributed by atoms with Crippen LogP contribution in [0.5, 0.6) is 5.75 Å². The fourth-order valence-electron chi connectivity index (χ4n) is 4.38. The van der Waals surface area contributed by atoms with E-state index in [-0.39, 0.29) is 49.0 Å². The van der Waals surface area contributed by atoms with Gasteiger partial charge in [-0.15, -0.1) is 0 Å². The van der Waals surface area contributed by atoms with Gasteiger partial charge in [-0.3, -0.25) is 14.5 Å². The summed E-state index contributed by atoms with van der Waals surface area (Å²) in [5, 5.41) is 3.05. The number of sulfonamides is 1. The van der Waals surface area contributed by atoms with Gasteiger partial charge in [0.05, 0.1) is 23.8 Å². The van der Waals surface area contributed by atoms with Crippen molar-refractivity contribution in [2.45, 2.75) is 43.5 Å². The lowest BCUT2D eigenvalue weighted by Gasteiger charge is -2.32. The topological polar surface area (TPSA) is 105 Å². The van der Waals surface area contributed by atoms with Crippen LogP contribution in [0.3, 0.4) is 0 Å². The molecule has 2 amide bonds. The maximum absolute atomic E-state index is 13.0. The molecule has 4 rings (SSSR count). The molecule has 2 fully saturated rings. The van der Waals surface area contributed by atoms with Crippen LogP contribution in [0.15, 0.2) is 23.1 Å². The van der Waals surface area contributed by atoms with E-state index in [1.165, 1.54) is 27.8 Å². The van der Waals surface area contributed by atoms with Crippen molar-refractivity contribution in [2.75, 3.05) is 44.4 Å². The standard InChI is InChI=1S/C21H29N3O6S/c1-15-4-2-3-5-17(15)22-20(25)13-24-18-12-16(6-7-19(18)30-14-21(24)26)31(27,28)23-8-10-29-11-9-23/h6-7,12,15,17H,2-5,8-11,13-14H2,1H3,(H,22,25)/t15-,17+/m1/s1. The van der Waals surface area contributed by atoms with Crippen molar-refractivity contribution in [2.24, 2.45) is 5.92 Å². The Morgan fingerprint density at radius 2 is 1.94 bits per heavy atom. The number of carbonyl (C=O) groups excluding carboxylic acids is 2. The monoisotopic (exact) mass is 451 g/mol. The molecule has 1 N–H and O–H groups in total. The number of benzene rings is 1. The molecule has 10 heteroatoms. The minimum atomic E-state index is -3.74. The summed E-state index contributed by atoms with van der Waals surface area (Å²) in [5.74, 6) is 0.164. The molecule has 2 atom stereocenters. The lowest BCUT2D eigenvalue weighted by molar-refractivity contribution is -0.126. The van der Waals surface area contributed by atoms with Crippen LogP contribution in [-0.4, -0.2) is 70.0 Å².